The first-order valence-electron chi connectivity index (χ1n) is 6.51. The Kier molecular flexibility index (Phi) is 5.22. The highest BCUT2D eigenvalue weighted by Gasteiger charge is 2.10. The molecule has 112 valence electrons. The topological polar surface area (TPSA) is 72.2 Å². The molecule has 0 aliphatic rings. The van der Waals surface area contributed by atoms with Crippen molar-refractivity contribution in [2.75, 3.05) is 12.3 Å². The summed E-state index contributed by atoms with van der Waals surface area (Å²) in [5.41, 5.74) is 7.94. The molecule has 21 heavy (non-hydrogen) atoms. The zero-order valence-electron chi connectivity index (χ0n) is 11.4. The van der Waals surface area contributed by atoms with Gasteiger partial charge in [0.25, 0.3) is 0 Å². The van der Waals surface area contributed by atoms with Gasteiger partial charge in [0.15, 0.2) is 0 Å². The molecular formula is C15H17ClN2O2S. The molecule has 0 aliphatic heterocycles. The van der Waals surface area contributed by atoms with Gasteiger partial charge in [-0.25, -0.2) is 13.1 Å². The van der Waals surface area contributed by atoms with Gasteiger partial charge in [0.2, 0.25) is 10.0 Å². The van der Waals surface area contributed by atoms with Crippen LogP contribution in [0.5, 0.6) is 0 Å². The molecule has 0 fully saturated rings. The van der Waals surface area contributed by atoms with Gasteiger partial charge in [0, 0.05) is 17.3 Å². The van der Waals surface area contributed by atoms with Gasteiger partial charge >= 0.3 is 0 Å². The van der Waals surface area contributed by atoms with Crippen LogP contribution in [0.4, 0.5) is 5.69 Å². The number of hydrogen-bond donors (Lipinski definition) is 2. The Labute approximate surface area is 130 Å². The Bertz CT molecular complexity index is 683. The van der Waals surface area contributed by atoms with Crippen LogP contribution in [0.3, 0.4) is 0 Å². The summed E-state index contributed by atoms with van der Waals surface area (Å²) in [5.74, 6) is -0.0477. The van der Waals surface area contributed by atoms with Gasteiger partial charge in [-0.1, -0.05) is 35.9 Å². The van der Waals surface area contributed by atoms with E-state index >= 15 is 0 Å². The van der Waals surface area contributed by atoms with E-state index in [9.17, 15) is 8.42 Å². The van der Waals surface area contributed by atoms with Gasteiger partial charge in [0.1, 0.15) is 0 Å². The first-order chi connectivity index (χ1) is 9.94. The number of nitrogen functional groups attached to an aromatic ring is 1. The average molecular weight is 325 g/mol. The third-order valence-corrected chi connectivity index (χ3v) is 4.59. The summed E-state index contributed by atoms with van der Waals surface area (Å²) in [4.78, 5) is 0. The molecule has 0 heterocycles. The number of anilines is 1. The summed E-state index contributed by atoms with van der Waals surface area (Å²) in [6, 6.07) is 14.2. The molecule has 2 aromatic carbocycles. The SMILES string of the molecule is Nc1ccc(CS(=O)(=O)NCCc2ccc(Cl)cc2)cc1. The van der Waals surface area contributed by atoms with Crippen molar-refractivity contribution < 1.29 is 8.42 Å². The lowest BCUT2D eigenvalue weighted by molar-refractivity contribution is 0.581. The van der Waals surface area contributed by atoms with Crippen molar-refractivity contribution in [3.63, 3.8) is 0 Å². The summed E-state index contributed by atoms with van der Waals surface area (Å²) in [5, 5.41) is 0.669. The molecule has 0 saturated heterocycles. The van der Waals surface area contributed by atoms with Crippen LogP contribution in [0.2, 0.25) is 5.02 Å². The fourth-order valence-corrected chi connectivity index (χ4v) is 3.16. The second kappa shape index (κ2) is 6.93. The highest BCUT2D eigenvalue weighted by molar-refractivity contribution is 7.88. The van der Waals surface area contributed by atoms with Crippen LogP contribution >= 0.6 is 11.6 Å². The molecule has 2 aromatic rings. The molecule has 0 aromatic heterocycles. The first-order valence-corrected chi connectivity index (χ1v) is 8.54. The Morgan fingerprint density at radius 2 is 1.52 bits per heavy atom. The van der Waals surface area contributed by atoms with Crippen LogP contribution in [0.25, 0.3) is 0 Å². The molecule has 3 N–H and O–H groups in total. The van der Waals surface area contributed by atoms with E-state index in [2.05, 4.69) is 4.72 Å². The molecule has 0 amide bonds. The van der Waals surface area contributed by atoms with E-state index in [1.807, 2.05) is 12.1 Å². The van der Waals surface area contributed by atoms with Crippen molar-refractivity contribution in [2.45, 2.75) is 12.2 Å². The fourth-order valence-electron chi connectivity index (χ4n) is 1.89. The summed E-state index contributed by atoms with van der Waals surface area (Å²) in [6.45, 7) is 0.360. The van der Waals surface area contributed by atoms with Crippen molar-refractivity contribution in [1.29, 1.82) is 0 Å². The number of benzene rings is 2. The van der Waals surface area contributed by atoms with Gasteiger partial charge in [-0.15, -0.1) is 0 Å². The van der Waals surface area contributed by atoms with Gasteiger partial charge < -0.3 is 5.73 Å². The lowest BCUT2D eigenvalue weighted by atomic mass is 10.2. The minimum atomic E-state index is -3.34. The van der Waals surface area contributed by atoms with Crippen molar-refractivity contribution in [3.05, 3.63) is 64.7 Å². The number of hydrogen-bond acceptors (Lipinski definition) is 3. The van der Waals surface area contributed by atoms with Crippen molar-refractivity contribution in [1.82, 2.24) is 4.72 Å². The number of nitrogens with two attached hydrogens (primary N) is 1. The number of sulfonamides is 1. The number of halogens is 1. The van der Waals surface area contributed by atoms with E-state index in [0.29, 0.717) is 29.2 Å². The van der Waals surface area contributed by atoms with Crippen molar-refractivity contribution in [2.24, 2.45) is 0 Å². The fraction of sp³-hybridized carbons (Fsp3) is 0.200. The van der Waals surface area contributed by atoms with E-state index in [0.717, 1.165) is 5.56 Å². The lowest BCUT2D eigenvalue weighted by Gasteiger charge is -2.07. The van der Waals surface area contributed by atoms with E-state index < -0.39 is 10.0 Å². The monoisotopic (exact) mass is 324 g/mol. The van der Waals surface area contributed by atoms with Crippen LogP contribution in [-0.2, 0) is 22.2 Å². The second-order valence-corrected chi connectivity index (χ2v) is 7.01. The van der Waals surface area contributed by atoms with Crippen molar-refractivity contribution >= 4 is 27.3 Å². The smallest absolute Gasteiger partial charge is 0.215 e. The van der Waals surface area contributed by atoms with E-state index in [1.54, 1.807) is 36.4 Å². The number of rotatable bonds is 6. The Balaban J connectivity index is 1.86. The molecule has 0 spiro atoms. The van der Waals surface area contributed by atoms with Crippen LogP contribution in [0, 0.1) is 0 Å². The van der Waals surface area contributed by atoms with Gasteiger partial charge in [0.05, 0.1) is 5.75 Å². The third-order valence-electron chi connectivity index (χ3n) is 2.99. The highest BCUT2D eigenvalue weighted by Crippen LogP contribution is 2.11. The van der Waals surface area contributed by atoms with Gasteiger partial charge in [-0.05, 0) is 41.8 Å². The largest absolute Gasteiger partial charge is 0.399 e. The summed E-state index contributed by atoms with van der Waals surface area (Å²) >= 11 is 5.80. The standard InChI is InChI=1S/C15H17ClN2O2S/c16-14-5-1-12(2-6-14)9-10-18-21(19,20)11-13-3-7-15(17)8-4-13/h1-8,18H,9-11,17H2. The third kappa shape index (κ3) is 5.38. The Morgan fingerprint density at radius 3 is 2.14 bits per heavy atom. The Hall–Kier alpha value is -1.56. The predicted octanol–water partition coefficient (Wildman–Crippen LogP) is 2.58. The van der Waals surface area contributed by atoms with Crippen LogP contribution in [-0.4, -0.2) is 15.0 Å². The first kappa shape index (κ1) is 15.8. The van der Waals surface area contributed by atoms with E-state index in [1.165, 1.54) is 0 Å². The van der Waals surface area contributed by atoms with Crippen LogP contribution in [0.15, 0.2) is 48.5 Å². The quantitative estimate of drug-likeness (QED) is 0.802. The summed E-state index contributed by atoms with van der Waals surface area (Å²) in [7, 11) is -3.34. The van der Waals surface area contributed by atoms with Gasteiger partial charge in [-0.3, -0.25) is 0 Å². The molecular weight excluding hydrogens is 308 g/mol. The maximum Gasteiger partial charge on any atom is 0.215 e. The van der Waals surface area contributed by atoms with Crippen LogP contribution < -0.4 is 10.5 Å². The predicted molar refractivity (Wildman–Crippen MR) is 86.6 cm³/mol. The second-order valence-electron chi connectivity index (χ2n) is 4.77. The molecule has 0 unspecified atom stereocenters. The average Bonchev–Trinajstić information content (AvgIpc) is 2.43. The maximum absolute atomic E-state index is 12.0. The number of nitrogens with one attached hydrogen (secondary N) is 1. The Morgan fingerprint density at radius 1 is 0.952 bits per heavy atom. The highest BCUT2D eigenvalue weighted by atomic mass is 35.5. The molecule has 2 rings (SSSR count). The minimum absolute atomic E-state index is 0.0477. The lowest BCUT2D eigenvalue weighted by Crippen LogP contribution is -2.27. The molecule has 6 heteroatoms. The minimum Gasteiger partial charge on any atom is -0.399 e. The summed E-state index contributed by atoms with van der Waals surface area (Å²) in [6.07, 6.45) is 0.623. The summed E-state index contributed by atoms with van der Waals surface area (Å²) < 4.78 is 26.5. The van der Waals surface area contributed by atoms with E-state index in [4.69, 9.17) is 17.3 Å². The molecule has 0 bridgehead atoms. The molecule has 0 radical (unpaired) electrons. The normalized spacial score (nSPS) is 11.5. The molecule has 4 nitrogen and oxygen atoms in total. The van der Waals surface area contributed by atoms with Crippen LogP contribution in [0.1, 0.15) is 11.1 Å². The zero-order chi connectivity index (χ0) is 15.3. The van der Waals surface area contributed by atoms with Crippen molar-refractivity contribution in [3.8, 4) is 0 Å². The van der Waals surface area contributed by atoms with E-state index in [-0.39, 0.29) is 5.75 Å². The zero-order valence-corrected chi connectivity index (χ0v) is 13.0. The molecule has 0 saturated carbocycles. The molecule has 0 atom stereocenters. The maximum atomic E-state index is 12.0. The molecule has 0 aliphatic carbocycles. The van der Waals surface area contributed by atoms with Gasteiger partial charge in [-0.2, -0.15) is 0 Å².